The van der Waals surface area contributed by atoms with Crippen LogP contribution in [0.5, 0.6) is 0 Å². The van der Waals surface area contributed by atoms with E-state index >= 15 is 0 Å². The van der Waals surface area contributed by atoms with Crippen LogP contribution in [0.4, 0.5) is 5.69 Å². The van der Waals surface area contributed by atoms with E-state index in [9.17, 15) is 0 Å². The predicted molar refractivity (Wildman–Crippen MR) is 121 cm³/mol. The Morgan fingerprint density at radius 3 is 1.93 bits per heavy atom. The molecule has 0 fully saturated rings. The SMILES string of the molecule is [C-]#[N+]c1ccc2cc3c(cc2c1)sc1c2cc4ccc(C#N)cc4cc2sc31. The van der Waals surface area contributed by atoms with Crippen LogP contribution < -0.4 is 0 Å². The van der Waals surface area contributed by atoms with Gasteiger partial charge in [0.25, 0.3) is 0 Å². The van der Waals surface area contributed by atoms with Gasteiger partial charge < -0.3 is 0 Å². The van der Waals surface area contributed by atoms with E-state index in [2.05, 4.69) is 35.2 Å². The Hall–Kier alpha value is -3.44. The minimum atomic E-state index is 0.680. The van der Waals surface area contributed by atoms with Gasteiger partial charge in [-0.1, -0.05) is 18.2 Å². The molecule has 0 saturated heterocycles. The van der Waals surface area contributed by atoms with Gasteiger partial charge in [0.15, 0.2) is 5.69 Å². The Kier molecular flexibility index (Phi) is 3.08. The third-order valence-electron chi connectivity index (χ3n) is 5.24. The van der Waals surface area contributed by atoms with Crippen LogP contribution in [0.1, 0.15) is 5.56 Å². The highest BCUT2D eigenvalue weighted by Gasteiger charge is 2.14. The van der Waals surface area contributed by atoms with Gasteiger partial charge in [0.2, 0.25) is 0 Å². The van der Waals surface area contributed by atoms with Gasteiger partial charge in [-0.25, -0.2) is 4.85 Å². The van der Waals surface area contributed by atoms with E-state index in [-0.39, 0.29) is 0 Å². The molecule has 0 aliphatic rings. The van der Waals surface area contributed by atoms with E-state index in [1.165, 1.54) is 35.0 Å². The van der Waals surface area contributed by atoms with Crippen molar-refractivity contribution in [1.29, 1.82) is 5.26 Å². The largest absolute Gasteiger partial charge is 0.238 e. The molecule has 128 valence electrons. The van der Waals surface area contributed by atoms with Gasteiger partial charge in [-0.15, -0.1) is 22.7 Å². The fraction of sp³-hybridized carbons (Fsp3) is 0. The van der Waals surface area contributed by atoms with Gasteiger partial charge in [0, 0.05) is 20.2 Å². The molecule has 0 spiro atoms. The first-order valence-corrected chi connectivity index (χ1v) is 10.4. The molecule has 4 aromatic carbocycles. The maximum absolute atomic E-state index is 9.17. The van der Waals surface area contributed by atoms with Crippen molar-refractivity contribution in [3.8, 4) is 6.07 Å². The topological polar surface area (TPSA) is 28.1 Å². The Labute approximate surface area is 168 Å². The molecule has 2 aromatic heterocycles. The number of benzene rings is 4. The van der Waals surface area contributed by atoms with Crippen LogP contribution in [0.2, 0.25) is 0 Å². The highest BCUT2D eigenvalue weighted by Crippen LogP contribution is 2.46. The summed E-state index contributed by atoms with van der Waals surface area (Å²) in [6.07, 6.45) is 0. The Morgan fingerprint density at radius 2 is 1.32 bits per heavy atom. The minimum absolute atomic E-state index is 0.680. The quantitative estimate of drug-likeness (QED) is 0.241. The zero-order valence-electron chi connectivity index (χ0n) is 14.5. The molecular weight excluding hydrogens is 380 g/mol. The summed E-state index contributed by atoms with van der Waals surface area (Å²) < 4.78 is 5.16. The maximum atomic E-state index is 9.17. The molecule has 28 heavy (non-hydrogen) atoms. The summed E-state index contributed by atoms with van der Waals surface area (Å²) in [4.78, 5) is 3.55. The predicted octanol–water partition coefficient (Wildman–Crippen LogP) is 8.00. The van der Waals surface area contributed by atoms with E-state index in [1.54, 1.807) is 0 Å². The van der Waals surface area contributed by atoms with Crippen LogP contribution in [0, 0.1) is 17.9 Å². The first-order valence-electron chi connectivity index (χ1n) is 8.77. The maximum Gasteiger partial charge on any atom is 0.187 e. The smallest absolute Gasteiger partial charge is 0.187 e. The van der Waals surface area contributed by atoms with Crippen LogP contribution in [0.3, 0.4) is 0 Å². The summed E-state index contributed by atoms with van der Waals surface area (Å²) in [6, 6.07) is 22.9. The lowest BCUT2D eigenvalue weighted by molar-refractivity contribution is 1.50. The highest BCUT2D eigenvalue weighted by molar-refractivity contribution is 7.36. The standard InChI is InChI=1S/C24H10N2S2/c1-26-18-5-4-15-9-20-22(11-17(15)7-18)28-23-19-8-14-3-2-13(12-25)6-16(14)10-21(19)27-24(20)23/h2-11H. The first kappa shape index (κ1) is 15.6. The van der Waals surface area contributed by atoms with Gasteiger partial charge in [0.1, 0.15) is 0 Å². The molecule has 0 aliphatic heterocycles. The summed E-state index contributed by atoms with van der Waals surface area (Å²) in [7, 11) is 0. The average molecular weight is 390 g/mol. The van der Waals surface area contributed by atoms with Crippen molar-refractivity contribution in [3.05, 3.63) is 77.6 Å². The van der Waals surface area contributed by atoms with Gasteiger partial charge >= 0.3 is 0 Å². The second kappa shape index (κ2) is 5.53. The van der Waals surface area contributed by atoms with Crippen LogP contribution in [0.15, 0.2) is 60.7 Å². The average Bonchev–Trinajstić information content (AvgIpc) is 3.25. The van der Waals surface area contributed by atoms with Crippen molar-refractivity contribution < 1.29 is 0 Å². The fourth-order valence-corrected chi connectivity index (χ4v) is 6.57. The molecule has 6 rings (SSSR count). The van der Waals surface area contributed by atoms with Gasteiger partial charge in [-0.05, 0) is 64.0 Å². The van der Waals surface area contributed by atoms with Gasteiger partial charge in [0.05, 0.1) is 27.6 Å². The summed E-state index contributed by atoms with van der Waals surface area (Å²) in [6.45, 7) is 7.24. The van der Waals surface area contributed by atoms with Crippen molar-refractivity contribution in [1.82, 2.24) is 0 Å². The molecule has 4 heteroatoms. The lowest BCUT2D eigenvalue weighted by Crippen LogP contribution is -1.76. The number of hydrogen-bond donors (Lipinski definition) is 0. The third kappa shape index (κ3) is 2.11. The molecule has 0 N–H and O–H groups in total. The molecule has 2 nitrogen and oxygen atoms in total. The molecule has 0 saturated carbocycles. The number of rotatable bonds is 0. The summed E-state index contributed by atoms with van der Waals surface area (Å²) in [5, 5.41) is 16.3. The second-order valence-corrected chi connectivity index (χ2v) is 8.98. The normalized spacial score (nSPS) is 11.5. The molecule has 0 unspecified atom stereocenters. The summed E-state index contributed by atoms with van der Waals surface area (Å²) in [5.41, 5.74) is 1.37. The molecule has 2 heterocycles. The minimum Gasteiger partial charge on any atom is -0.238 e. The van der Waals surface area contributed by atoms with E-state index in [1.807, 2.05) is 59.1 Å². The third-order valence-corrected chi connectivity index (χ3v) is 7.74. The second-order valence-electron chi connectivity index (χ2n) is 6.88. The van der Waals surface area contributed by atoms with Crippen molar-refractivity contribution in [2.24, 2.45) is 0 Å². The van der Waals surface area contributed by atoms with Crippen LogP contribution in [0.25, 0.3) is 56.0 Å². The molecule has 6 aromatic rings. The van der Waals surface area contributed by atoms with Gasteiger partial charge in [-0.3, -0.25) is 0 Å². The molecule has 0 aliphatic carbocycles. The lowest BCUT2D eigenvalue weighted by Gasteiger charge is -2.00. The Balaban J connectivity index is 1.70. The van der Waals surface area contributed by atoms with Gasteiger partial charge in [-0.2, -0.15) is 5.26 Å². The monoisotopic (exact) mass is 390 g/mol. The molecule has 0 amide bonds. The Morgan fingerprint density at radius 1 is 0.714 bits per heavy atom. The van der Waals surface area contributed by atoms with E-state index in [4.69, 9.17) is 11.8 Å². The van der Waals surface area contributed by atoms with Crippen LogP contribution in [-0.2, 0) is 0 Å². The number of fused-ring (bicyclic) bond motifs is 7. The summed E-state index contributed by atoms with van der Waals surface area (Å²) in [5.74, 6) is 0. The van der Waals surface area contributed by atoms with Crippen molar-refractivity contribution >= 4 is 79.5 Å². The van der Waals surface area contributed by atoms with E-state index < -0.39 is 0 Å². The zero-order chi connectivity index (χ0) is 18.8. The van der Waals surface area contributed by atoms with E-state index in [0.29, 0.717) is 11.3 Å². The van der Waals surface area contributed by atoms with Crippen LogP contribution in [-0.4, -0.2) is 0 Å². The first-order chi connectivity index (χ1) is 13.7. The highest BCUT2D eigenvalue weighted by atomic mass is 32.1. The molecule has 0 radical (unpaired) electrons. The number of hydrogen-bond acceptors (Lipinski definition) is 3. The molecule has 0 bridgehead atoms. The lowest BCUT2D eigenvalue weighted by atomic mass is 10.1. The van der Waals surface area contributed by atoms with Crippen LogP contribution >= 0.6 is 22.7 Å². The molecular formula is C24H10N2S2. The van der Waals surface area contributed by atoms with Crippen molar-refractivity contribution in [2.75, 3.05) is 0 Å². The molecule has 0 atom stereocenters. The zero-order valence-corrected chi connectivity index (χ0v) is 16.1. The number of nitriles is 1. The van der Waals surface area contributed by atoms with Crippen molar-refractivity contribution in [3.63, 3.8) is 0 Å². The Bertz CT molecular complexity index is 1560. The number of nitrogens with zero attached hydrogens (tertiary/aromatic N) is 2. The fourth-order valence-electron chi connectivity index (χ4n) is 3.87. The van der Waals surface area contributed by atoms with E-state index in [0.717, 1.165) is 16.2 Å². The van der Waals surface area contributed by atoms with Crippen molar-refractivity contribution in [2.45, 2.75) is 0 Å². The number of thiophene rings is 2. The summed E-state index contributed by atoms with van der Waals surface area (Å²) >= 11 is 3.64.